The summed E-state index contributed by atoms with van der Waals surface area (Å²) < 4.78 is 14.9. The van der Waals surface area contributed by atoms with Gasteiger partial charge < -0.3 is 20.2 Å². The molecule has 1 aromatic heterocycles. The molecule has 1 saturated heterocycles. The number of benzene rings is 1. The number of nitrogens with one attached hydrogen (secondary N) is 1. The predicted octanol–water partition coefficient (Wildman–Crippen LogP) is 3.87. The molecule has 192 valence electrons. The van der Waals surface area contributed by atoms with E-state index < -0.39 is 5.60 Å². The smallest absolute Gasteiger partial charge is 0.270 e. The second-order valence-electron chi connectivity index (χ2n) is 12.1. The van der Waals surface area contributed by atoms with Gasteiger partial charge in [-0.15, -0.1) is 0 Å². The van der Waals surface area contributed by atoms with E-state index in [0.717, 1.165) is 24.7 Å². The van der Waals surface area contributed by atoms with Gasteiger partial charge in [-0.1, -0.05) is 6.07 Å². The number of amides is 1. The van der Waals surface area contributed by atoms with Crippen LogP contribution in [0.5, 0.6) is 0 Å². The van der Waals surface area contributed by atoms with Gasteiger partial charge in [-0.3, -0.25) is 4.79 Å². The number of hydrogen-bond acceptors (Lipinski definition) is 6. The number of hydrogen-bond donors (Lipinski definition) is 2. The van der Waals surface area contributed by atoms with Gasteiger partial charge in [0.05, 0.1) is 11.3 Å². The average molecular weight is 494 g/mol. The van der Waals surface area contributed by atoms with Gasteiger partial charge >= 0.3 is 0 Å². The van der Waals surface area contributed by atoms with Crippen LogP contribution in [0.4, 0.5) is 16.0 Å². The van der Waals surface area contributed by atoms with Crippen LogP contribution in [-0.4, -0.2) is 52.2 Å². The fourth-order valence-corrected chi connectivity index (χ4v) is 7.52. The highest BCUT2D eigenvalue weighted by Gasteiger charge is 2.58. The molecule has 5 aliphatic rings. The van der Waals surface area contributed by atoms with Crippen molar-refractivity contribution in [1.82, 2.24) is 15.3 Å². The lowest BCUT2D eigenvalue weighted by Crippen LogP contribution is -2.53. The molecule has 2 N–H and O–H groups in total. The molecule has 7 rings (SSSR count). The zero-order valence-electron chi connectivity index (χ0n) is 21.4. The molecule has 0 radical (unpaired) electrons. The Hall–Kier alpha value is -2.74. The Morgan fingerprint density at radius 1 is 1.17 bits per heavy atom. The molecule has 5 fully saturated rings. The van der Waals surface area contributed by atoms with Crippen molar-refractivity contribution < 1.29 is 14.3 Å². The molecule has 5 atom stereocenters. The fourth-order valence-electron chi connectivity index (χ4n) is 7.52. The lowest BCUT2D eigenvalue weighted by molar-refractivity contribution is 0.0782. The first-order valence-corrected chi connectivity index (χ1v) is 13.3. The van der Waals surface area contributed by atoms with E-state index in [0.29, 0.717) is 48.4 Å². The van der Waals surface area contributed by atoms with Gasteiger partial charge in [0.1, 0.15) is 11.5 Å². The molecule has 7 nitrogen and oxygen atoms in total. The van der Waals surface area contributed by atoms with Crippen molar-refractivity contribution in [2.24, 2.45) is 17.8 Å². The number of anilines is 2. The third kappa shape index (κ3) is 4.03. The molecule has 1 amide bonds. The molecule has 8 heteroatoms. The molecule has 4 saturated carbocycles. The summed E-state index contributed by atoms with van der Waals surface area (Å²) in [5, 5.41) is 13.6. The highest BCUT2D eigenvalue weighted by molar-refractivity contribution is 5.93. The van der Waals surface area contributed by atoms with Crippen molar-refractivity contribution in [2.75, 3.05) is 29.4 Å². The van der Waals surface area contributed by atoms with Gasteiger partial charge in [-0.05, 0) is 94.4 Å². The Bertz CT molecular complexity index is 1170. The van der Waals surface area contributed by atoms with Crippen LogP contribution in [0.3, 0.4) is 0 Å². The summed E-state index contributed by atoms with van der Waals surface area (Å²) >= 11 is 0. The van der Waals surface area contributed by atoms with Crippen LogP contribution in [0.1, 0.15) is 68.9 Å². The second-order valence-corrected chi connectivity index (χ2v) is 12.1. The third-order valence-electron chi connectivity index (χ3n) is 9.11. The summed E-state index contributed by atoms with van der Waals surface area (Å²) in [5.41, 5.74) is 0.389. The van der Waals surface area contributed by atoms with Gasteiger partial charge in [0.2, 0.25) is 5.95 Å². The minimum Gasteiger partial charge on any atom is -0.386 e. The van der Waals surface area contributed by atoms with Crippen molar-refractivity contribution >= 4 is 17.5 Å². The summed E-state index contributed by atoms with van der Waals surface area (Å²) in [6.07, 6.45) is 7.75. The molecule has 0 spiro atoms. The standard InChI is InChI=1S/C28H36FN5O2/c1-17-16-33(24-5-4-20(13-22(24)29)27(2,3)36)8-9-34(17)26-30-7-6-23(31-26)25(35)32-28-14-18-10-19(15-28)12-21(28)11-18/h4-7,13,17-19,21,36H,8-12,14-16H2,1-3H3,(H,32,35)/t17-,18-,19+,21?,28?/m1/s1. The maximum atomic E-state index is 14.9. The SMILES string of the molecule is C[C@@H]1CN(c2ccc(C(C)(C)O)cc2F)CCN1c1nccc(C(=O)NC23C[C@@H]4CC2C[C@@H](C4)C3)n1. The molecule has 2 aromatic rings. The molecule has 2 unspecified atom stereocenters. The first kappa shape index (κ1) is 23.6. The van der Waals surface area contributed by atoms with E-state index in [4.69, 9.17) is 0 Å². The number of halogens is 1. The minimum atomic E-state index is -1.09. The van der Waals surface area contributed by atoms with Crippen LogP contribution in [0.25, 0.3) is 0 Å². The first-order valence-electron chi connectivity index (χ1n) is 13.3. The topological polar surface area (TPSA) is 81.6 Å². The Labute approximate surface area is 212 Å². The highest BCUT2D eigenvalue weighted by atomic mass is 19.1. The Morgan fingerprint density at radius 2 is 1.92 bits per heavy atom. The van der Waals surface area contributed by atoms with E-state index in [2.05, 4.69) is 27.1 Å². The summed E-state index contributed by atoms with van der Waals surface area (Å²) in [7, 11) is 0. The molecular formula is C28H36FN5O2. The number of aromatic nitrogens is 2. The monoisotopic (exact) mass is 493 g/mol. The predicted molar refractivity (Wildman–Crippen MR) is 136 cm³/mol. The van der Waals surface area contributed by atoms with E-state index in [-0.39, 0.29) is 23.3 Å². The highest BCUT2D eigenvalue weighted by Crippen LogP contribution is 2.60. The Balaban J connectivity index is 1.14. The number of rotatable bonds is 5. The molecular weight excluding hydrogens is 457 g/mol. The second kappa shape index (κ2) is 8.40. The summed E-state index contributed by atoms with van der Waals surface area (Å²) in [6.45, 7) is 7.20. The maximum absolute atomic E-state index is 14.9. The van der Waals surface area contributed by atoms with E-state index in [9.17, 15) is 14.3 Å². The number of carbonyl (C=O) groups is 1. The van der Waals surface area contributed by atoms with E-state index >= 15 is 0 Å². The first-order chi connectivity index (χ1) is 17.1. The van der Waals surface area contributed by atoms with Gasteiger partial charge in [-0.2, -0.15) is 0 Å². The number of nitrogens with zero attached hydrogens (tertiary/aromatic N) is 4. The largest absolute Gasteiger partial charge is 0.386 e. The van der Waals surface area contributed by atoms with Gasteiger partial charge in [0.15, 0.2) is 0 Å². The zero-order valence-corrected chi connectivity index (χ0v) is 21.4. The lowest BCUT2D eigenvalue weighted by atomic mass is 9.80. The van der Waals surface area contributed by atoms with Gasteiger partial charge in [-0.25, -0.2) is 14.4 Å². The van der Waals surface area contributed by atoms with Crippen LogP contribution in [-0.2, 0) is 5.60 Å². The molecule has 1 aromatic carbocycles. The number of piperazine rings is 1. The van der Waals surface area contributed by atoms with E-state index in [1.54, 1.807) is 38.2 Å². The molecule has 4 bridgehead atoms. The van der Waals surface area contributed by atoms with Crippen molar-refractivity contribution in [3.05, 3.63) is 47.5 Å². The van der Waals surface area contributed by atoms with E-state index in [1.807, 2.05) is 4.90 Å². The van der Waals surface area contributed by atoms with Crippen molar-refractivity contribution in [1.29, 1.82) is 0 Å². The van der Waals surface area contributed by atoms with Gasteiger partial charge in [0, 0.05) is 37.4 Å². The Kier molecular flexibility index (Phi) is 5.52. The van der Waals surface area contributed by atoms with Crippen LogP contribution in [0.2, 0.25) is 0 Å². The normalized spacial score (nSPS) is 31.2. The summed E-state index contributed by atoms with van der Waals surface area (Å²) in [4.78, 5) is 26.5. The van der Waals surface area contributed by atoms with Crippen LogP contribution >= 0.6 is 0 Å². The molecule has 36 heavy (non-hydrogen) atoms. The molecule has 1 aliphatic heterocycles. The van der Waals surface area contributed by atoms with Crippen molar-refractivity contribution in [3.8, 4) is 0 Å². The third-order valence-corrected chi connectivity index (χ3v) is 9.11. The van der Waals surface area contributed by atoms with Crippen molar-refractivity contribution in [3.63, 3.8) is 0 Å². The Morgan fingerprint density at radius 3 is 2.58 bits per heavy atom. The zero-order chi connectivity index (χ0) is 25.2. The average Bonchev–Trinajstić information content (AvgIpc) is 3.20. The maximum Gasteiger partial charge on any atom is 0.270 e. The van der Waals surface area contributed by atoms with Crippen molar-refractivity contribution in [2.45, 2.75) is 70.1 Å². The van der Waals surface area contributed by atoms with Gasteiger partial charge in [0.25, 0.3) is 5.91 Å². The minimum absolute atomic E-state index is 0.0282. The fraction of sp³-hybridized carbons (Fsp3) is 0.607. The lowest BCUT2D eigenvalue weighted by Gasteiger charge is -2.41. The van der Waals surface area contributed by atoms with Crippen LogP contribution < -0.4 is 15.1 Å². The molecule has 4 aliphatic carbocycles. The summed E-state index contributed by atoms with van der Waals surface area (Å²) in [5.74, 6) is 2.29. The van der Waals surface area contributed by atoms with Crippen LogP contribution in [0.15, 0.2) is 30.5 Å². The van der Waals surface area contributed by atoms with E-state index in [1.165, 1.54) is 25.3 Å². The van der Waals surface area contributed by atoms with Crippen LogP contribution in [0, 0.1) is 23.6 Å². The quantitative estimate of drug-likeness (QED) is 0.658. The summed E-state index contributed by atoms with van der Waals surface area (Å²) in [6, 6.07) is 6.68. The number of aliphatic hydroxyl groups is 1. The number of carbonyl (C=O) groups excluding carboxylic acids is 1. The molecule has 2 heterocycles.